The van der Waals surface area contributed by atoms with Gasteiger partial charge in [-0.1, -0.05) is 150 Å². The molecule has 2 unspecified atom stereocenters. The monoisotopic (exact) mass is 819 g/mol. The van der Waals surface area contributed by atoms with E-state index in [4.69, 9.17) is 18.5 Å². The maximum Gasteiger partial charge on any atom is 0.472 e. The lowest BCUT2D eigenvalue weighted by Crippen LogP contribution is -2.37. The molecule has 0 heterocycles. The molecule has 0 aromatic carbocycles. The summed E-state index contributed by atoms with van der Waals surface area (Å²) in [5.41, 5.74) is 0. The van der Waals surface area contributed by atoms with Gasteiger partial charge in [0.1, 0.15) is 19.3 Å². The highest BCUT2D eigenvalue weighted by molar-refractivity contribution is 7.47. The third-order valence-electron chi connectivity index (χ3n) is 8.95. The van der Waals surface area contributed by atoms with Crippen LogP contribution in [0.15, 0.2) is 85.1 Å². The summed E-state index contributed by atoms with van der Waals surface area (Å²) in [7, 11) is 1.63. The van der Waals surface area contributed by atoms with Gasteiger partial charge in [-0.2, -0.15) is 0 Å². The number of carbonyl (C=O) groups is 1. The lowest BCUT2D eigenvalue weighted by atomic mass is 10.1. The van der Waals surface area contributed by atoms with Crippen molar-refractivity contribution in [2.45, 2.75) is 161 Å². The number of phosphoric ester groups is 1. The molecular formula is C48H85NO7P+. The van der Waals surface area contributed by atoms with E-state index in [2.05, 4.69) is 98.9 Å². The fourth-order valence-corrected chi connectivity index (χ4v) is 6.30. The van der Waals surface area contributed by atoms with Crippen LogP contribution < -0.4 is 0 Å². The van der Waals surface area contributed by atoms with E-state index in [1.807, 2.05) is 21.1 Å². The van der Waals surface area contributed by atoms with Crippen molar-refractivity contribution in [1.29, 1.82) is 0 Å². The zero-order valence-corrected chi connectivity index (χ0v) is 37.9. The van der Waals surface area contributed by atoms with Crippen molar-refractivity contribution in [3.63, 3.8) is 0 Å². The molecule has 0 radical (unpaired) electrons. The van der Waals surface area contributed by atoms with Crippen molar-refractivity contribution in [3.8, 4) is 0 Å². The lowest BCUT2D eigenvalue weighted by Gasteiger charge is -2.24. The lowest BCUT2D eigenvalue weighted by molar-refractivity contribution is -0.870. The number of carbonyl (C=O) groups excluding carboxylic acids is 1. The van der Waals surface area contributed by atoms with Gasteiger partial charge >= 0.3 is 13.8 Å². The minimum atomic E-state index is -4.29. The third-order valence-corrected chi connectivity index (χ3v) is 9.94. The summed E-state index contributed by atoms with van der Waals surface area (Å²) < 4.78 is 35.0. The molecule has 0 aromatic heterocycles. The van der Waals surface area contributed by atoms with Crippen LogP contribution >= 0.6 is 7.82 Å². The Balaban J connectivity index is 4.28. The van der Waals surface area contributed by atoms with Crippen molar-refractivity contribution in [2.24, 2.45) is 0 Å². The topological polar surface area (TPSA) is 91.3 Å². The fraction of sp³-hybridized carbons (Fsp3) is 0.688. The summed E-state index contributed by atoms with van der Waals surface area (Å²) in [6.45, 7) is 5.32. The number of esters is 1. The molecule has 0 aliphatic heterocycles. The Morgan fingerprint density at radius 3 is 1.44 bits per heavy atom. The molecule has 0 amide bonds. The quantitative estimate of drug-likeness (QED) is 0.0216. The smallest absolute Gasteiger partial charge is 0.457 e. The maximum atomic E-state index is 12.7. The minimum Gasteiger partial charge on any atom is -0.457 e. The second-order valence-electron chi connectivity index (χ2n) is 15.7. The Hall–Kier alpha value is -2.32. The molecule has 328 valence electrons. The number of likely N-dealkylation sites (N-methyl/N-ethyl adjacent to an activating group) is 1. The molecule has 0 aliphatic rings. The highest BCUT2D eigenvalue weighted by Gasteiger charge is 2.26. The maximum absolute atomic E-state index is 12.7. The van der Waals surface area contributed by atoms with Gasteiger partial charge in [0.15, 0.2) is 0 Å². The van der Waals surface area contributed by atoms with Gasteiger partial charge < -0.3 is 18.9 Å². The van der Waals surface area contributed by atoms with Gasteiger partial charge in [-0.3, -0.25) is 13.8 Å². The average Bonchev–Trinajstić information content (AvgIpc) is 3.16. The van der Waals surface area contributed by atoms with E-state index in [9.17, 15) is 14.3 Å². The molecule has 8 nitrogen and oxygen atoms in total. The van der Waals surface area contributed by atoms with Crippen LogP contribution in [0.25, 0.3) is 0 Å². The molecular weight excluding hydrogens is 734 g/mol. The van der Waals surface area contributed by atoms with Crippen LogP contribution in [0.2, 0.25) is 0 Å². The predicted octanol–water partition coefficient (Wildman–Crippen LogP) is 13.3. The molecule has 9 heteroatoms. The van der Waals surface area contributed by atoms with E-state index in [-0.39, 0.29) is 25.8 Å². The number of nitrogens with zero attached hydrogens (tertiary/aromatic N) is 1. The second kappa shape index (κ2) is 40.5. The first-order valence-corrected chi connectivity index (χ1v) is 23.8. The summed E-state index contributed by atoms with van der Waals surface area (Å²) in [6, 6.07) is 0. The van der Waals surface area contributed by atoms with E-state index in [1.54, 1.807) is 0 Å². The van der Waals surface area contributed by atoms with E-state index >= 15 is 0 Å². The molecule has 0 fully saturated rings. The first-order valence-electron chi connectivity index (χ1n) is 22.3. The van der Waals surface area contributed by atoms with Crippen molar-refractivity contribution in [1.82, 2.24) is 0 Å². The van der Waals surface area contributed by atoms with Gasteiger partial charge in [0, 0.05) is 13.0 Å². The highest BCUT2D eigenvalue weighted by Crippen LogP contribution is 2.43. The van der Waals surface area contributed by atoms with Crippen molar-refractivity contribution >= 4 is 13.8 Å². The summed E-state index contributed by atoms with van der Waals surface area (Å²) in [5.74, 6) is -0.339. The molecule has 2 atom stereocenters. The summed E-state index contributed by atoms with van der Waals surface area (Å²) >= 11 is 0. The molecule has 0 aliphatic carbocycles. The van der Waals surface area contributed by atoms with Crippen molar-refractivity contribution in [3.05, 3.63) is 85.1 Å². The number of hydrogen-bond acceptors (Lipinski definition) is 6. The van der Waals surface area contributed by atoms with Crippen LogP contribution in [-0.2, 0) is 27.9 Å². The van der Waals surface area contributed by atoms with E-state index in [0.717, 1.165) is 103 Å². The van der Waals surface area contributed by atoms with Crippen LogP contribution in [0, 0.1) is 0 Å². The van der Waals surface area contributed by atoms with Crippen LogP contribution in [-0.4, -0.2) is 75.6 Å². The average molecular weight is 819 g/mol. The Labute approximate surface area is 350 Å². The number of ether oxygens (including phenoxy) is 2. The van der Waals surface area contributed by atoms with Gasteiger partial charge in [0.2, 0.25) is 0 Å². The summed E-state index contributed by atoms with van der Waals surface area (Å²) in [4.78, 5) is 22.9. The normalized spacial score (nSPS) is 14.6. The van der Waals surface area contributed by atoms with Gasteiger partial charge in [0.25, 0.3) is 0 Å². The molecule has 0 saturated carbocycles. The number of unbranched alkanes of at least 4 members (excludes halogenated alkanes) is 12. The Morgan fingerprint density at radius 2 is 0.965 bits per heavy atom. The van der Waals surface area contributed by atoms with Crippen LogP contribution in [0.5, 0.6) is 0 Å². The number of rotatable bonds is 40. The zero-order valence-electron chi connectivity index (χ0n) is 37.0. The fourth-order valence-electron chi connectivity index (χ4n) is 5.56. The van der Waals surface area contributed by atoms with Gasteiger partial charge in [-0.05, 0) is 83.5 Å². The van der Waals surface area contributed by atoms with E-state index in [0.29, 0.717) is 24.1 Å². The van der Waals surface area contributed by atoms with Crippen LogP contribution in [0.4, 0.5) is 0 Å². The minimum absolute atomic E-state index is 0.0777. The van der Waals surface area contributed by atoms with Crippen LogP contribution in [0.3, 0.4) is 0 Å². The van der Waals surface area contributed by atoms with Gasteiger partial charge in [0.05, 0.1) is 34.4 Å². The number of phosphoric acid groups is 1. The van der Waals surface area contributed by atoms with Crippen molar-refractivity contribution < 1.29 is 37.3 Å². The standard InChI is InChI=1S/C48H84NO7P/c1-6-8-10-12-14-16-18-20-22-23-24-25-26-28-30-32-34-36-38-40-43-53-45-47(46-55-57(51,52)54-44-42-49(3,4)5)56-48(50)41-39-37-35-33-31-29-27-21-19-17-15-13-11-9-7-2/h8-11,14-17,20-22,24-25,27,47H,6-7,12-13,18-19,23,26,28-46H2,1-5H3/p+1/b10-8-,11-9-,16-14-,17-15-,22-20-,25-24-,27-21-. The molecule has 0 rings (SSSR count). The molecule has 0 spiro atoms. The van der Waals surface area contributed by atoms with Gasteiger partial charge in [-0.15, -0.1) is 0 Å². The van der Waals surface area contributed by atoms with Gasteiger partial charge in [-0.25, -0.2) is 4.57 Å². The Bertz CT molecular complexity index is 1180. The molecule has 57 heavy (non-hydrogen) atoms. The summed E-state index contributed by atoms with van der Waals surface area (Å²) in [6.07, 6.45) is 53.3. The number of allylic oxidation sites excluding steroid dienone is 14. The number of hydrogen-bond donors (Lipinski definition) is 1. The predicted molar refractivity (Wildman–Crippen MR) is 242 cm³/mol. The molecule has 1 N–H and O–H groups in total. The third kappa shape index (κ3) is 44.6. The second-order valence-corrected chi connectivity index (χ2v) is 17.1. The first kappa shape index (κ1) is 54.7. The largest absolute Gasteiger partial charge is 0.472 e. The van der Waals surface area contributed by atoms with Crippen molar-refractivity contribution in [2.75, 3.05) is 54.1 Å². The SMILES string of the molecule is CC/C=C\C/C=C\C/C=C\C/C=C\CCCCCCCCCOCC(COP(=O)(O)OCC[N+](C)(C)C)OC(=O)CCCCCCC/C=C\C/C=C\C/C=C\CC. The Morgan fingerprint density at radius 1 is 0.544 bits per heavy atom. The molecule has 0 bridgehead atoms. The van der Waals surface area contributed by atoms with E-state index < -0.39 is 13.9 Å². The highest BCUT2D eigenvalue weighted by atomic mass is 31.2. The molecule has 0 aromatic rings. The van der Waals surface area contributed by atoms with E-state index in [1.165, 1.54) is 32.1 Å². The number of quaternary nitrogens is 1. The Kier molecular flexibility index (Phi) is 38.8. The first-order chi connectivity index (χ1) is 27.6. The van der Waals surface area contributed by atoms with Crippen LogP contribution in [0.1, 0.15) is 155 Å². The molecule has 0 saturated heterocycles. The zero-order chi connectivity index (χ0) is 42.0. The summed E-state index contributed by atoms with van der Waals surface area (Å²) in [5, 5.41) is 0.